The van der Waals surface area contributed by atoms with Crippen molar-refractivity contribution in [2.75, 3.05) is 9.80 Å². The van der Waals surface area contributed by atoms with E-state index >= 15 is 0 Å². The fourth-order valence-corrected chi connectivity index (χ4v) is 11.6. The molecule has 0 saturated carbocycles. The minimum absolute atomic E-state index is 0.330. The Morgan fingerprint density at radius 1 is 0.368 bits per heavy atom. The van der Waals surface area contributed by atoms with Crippen molar-refractivity contribution in [3.63, 3.8) is 0 Å². The normalized spacial score (nSPS) is 13.0. The van der Waals surface area contributed by atoms with E-state index in [0.29, 0.717) is 0 Å². The van der Waals surface area contributed by atoms with Crippen molar-refractivity contribution in [3.05, 3.63) is 229 Å². The molecule has 2 aromatic heterocycles. The number of anilines is 6. The van der Waals surface area contributed by atoms with Crippen LogP contribution in [-0.4, -0.2) is 0 Å². The number of fused-ring (bicyclic) bond motifs is 11. The first-order valence-corrected chi connectivity index (χ1v) is 23.5. The summed E-state index contributed by atoms with van der Waals surface area (Å²) in [4.78, 5) is 4.74. The van der Waals surface area contributed by atoms with Gasteiger partial charge in [0.05, 0.1) is 11.4 Å². The highest BCUT2D eigenvalue weighted by Gasteiger charge is 2.36. The summed E-state index contributed by atoms with van der Waals surface area (Å²) in [5, 5.41) is 11.9. The lowest BCUT2D eigenvalue weighted by Gasteiger charge is -2.37. The molecule has 0 amide bonds. The Morgan fingerprint density at radius 3 is 1.63 bits per heavy atom. The number of aryl methyl sites for hydroxylation is 1. The molecule has 4 heteroatoms. The fraction of sp³-hybridized carbons (Fsp3) is 0.0625. The molecule has 2 heterocycles. The van der Waals surface area contributed by atoms with Crippen LogP contribution in [0, 0.1) is 6.92 Å². The van der Waals surface area contributed by atoms with Gasteiger partial charge in [-0.05, 0) is 140 Å². The second-order valence-electron chi connectivity index (χ2n) is 18.9. The molecule has 0 fully saturated rings. The molecular formula is C64H44N2O2. The zero-order chi connectivity index (χ0) is 45.3. The van der Waals surface area contributed by atoms with Gasteiger partial charge >= 0.3 is 0 Å². The van der Waals surface area contributed by atoms with Crippen LogP contribution in [0.4, 0.5) is 34.1 Å². The second-order valence-corrected chi connectivity index (χ2v) is 18.9. The van der Waals surface area contributed by atoms with Gasteiger partial charge in [-0.2, -0.15) is 0 Å². The second kappa shape index (κ2) is 14.4. The summed E-state index contributed by atoms with van der Waals surface area (Å²) in [5.74, 6) is 0. The molecule has 0 spiro atoms. The van der Waals surface area contributed by atoms with Crippen molar-refractivity contribution in [2.45, 2.75) is 26.2 Å². The third-order valence-electron chi connectivity index (χ3n) is 14.8. The van der Waals surface area contributed by atoms with Gasteiger partial charge in [0, 0.05) is 49.7 Å². The van der Waals surface area contributed by atoms with Gasteiger partial charge in [-0.1, -0.05) is 153 Å². The average molecular weight is 873 g/mol. The summed E-state index contributed by atoms with van der Waals surface area (Å²) in [5.41, 5.74) is 16.0. The third kappa shape index (κ3) is 5.55. The lowest BCUT2D eigenvalue weighted by Crippen LogP contribution is -2.25. The van der Waals surface area contributed by atoms with Crippen LogP contribution in [0.25, 0.3) is 87.3 Å². The van der Waals surface area contributed by atoms with Crippen LogP contribution in [0.5, 0.6) is 0 Å². The molecule has 0 N–H and O–H groups in total. The maximum Gasteiger partial charge on any atom is 0.159 e. The summed E-state index contributed by atoms with van der Waals surface area (Å²) in [7, 11) is 0. The SMILES string of the molecule is Cc1c2c3c(cccc3c3cc(N(c4ccccc4)c4cccc5c4oc4ccccc45)ccc13)C(C)(C)c1cc(N(c3ccc4ccccc4c3)c3cccc4c3oc3ccccc34)ccc1-2. The quantitative estimate of drug-likeness (QED) is 0.156. The van der Waals surface area contributed by atoms with Gasteiger partial charge in [0.2, 0.25) is 0 Å². The zero-order valence-corrected chi connectivity index (χ0v) is 37.9. The van der Waals surface area contributed by atoms with Crippen LogP contribution in [0.3, 0.4) is 0 Å². The van der Waals surface area contributed by atoms with Crippen LogP contribution in [0.2, 0.25) is 0 Å². The molecule has 1 aliphatic carbocycles. The first kappa shape index (κ1) is 38.6. The molecule has 11 aromatic carbocycles. The minimum Gasteiger partial charge on any atom is -0.454 e. The highest BCUT2D eigenvalue weighted by molar-refractivity contribution is 6.20. The summed E-state index contributed by atoms with van der Waals surface area (Å²) < 4.78 is 13.4. The zero-order valence-electron chi connectivity index (χ0n) is 37.9. The van der Waals surface area contributed by atoms with Gasteiger partial charge in [-0.25, -0.2) is 0 Å². The highest BCUT2D eigenvalue weighted by Crippen LogP contribution is 2.54. The number of hydrogen-bond donors (Lipinski definition) is 0. The van der Waals surface area contributed by atoms with Gasteiger partial charge in [-0.3, -0.25) is 0 Å². The lowest BCUT2D eigenvalue weighted by molar-refractivity contribution is 0.645. The molecule has 0 atom stereocenters. The van der Waals surface area contributed by atoms with E-state index in [1.165, 1.54) is 60.1 Å². The molecule has 0 radical (unpaired) electrons. The average Bonchev–Trinajstić information content (AvgIpc) is 3.96. The Kier molecular flexibility index (Phi) is 8.21. The number of hydrogen-bond acceptors (Lipinski definition) is 4. The van der Waals surface area contributed by atoms with Gasteiger partial charge in [0.1, 0.15) is 11.2 Å². The third-order valence-corrected chi connectivity index (χ3v) is 14.8. The molecule has 4 nitrogen and oxygen atoms in total. The molecule has 322 valence electrons. The van der Waals surface area contributed by atoms with Crippen LogP contribution in [-0.2, 0) is 5.41 Å². The number of furan rings is 2. The fourth-order valence-electron chi connectivity index (χ4n) is 11.6. The molecule has 14 rings (SSSR count). The predicted molar refractivity (Wildman–Crippen MR) is 285 cm³/mol. The maximum absolute atomic E-state index is 6.75. The smallest absolute Gasteiger partial charge is 0.159 e. The predicted octanol–water partition coefficient (Wildman–Crippen LogP) is 18.5. The topological polar surface area (TPSA) is 32.8 Å². The van der Waals surface area contributed by atoms with E-state index in [1.54, 1.807) is 0 Å². The highest BCUT2D eigenvalue weighted by atomic mass is 16.3. The van der Waals surface area contributed by atoms with Gasteiger partial charge in [0.15, 0.2) is 11.2 Å². The van der Waals surface area contributed by atoms with E-state index in [9.17, 15) is 0 Å². The summed E-state index contributed by atoms with van der Waals surface area (Å²) in [6, 6.07) is 76.8. The molecule has 0 saturated heterocycles. The standard InChI is InChI=1S/C64H44N2O2/c1-39-46-34-32-44(65(42-18-5-4-6-19-42)56-26-14-23-50-47-20-9-11-28-58(47)67-62(50)56)37-53(46)49-22-13-25-54-61(49)60(39)52-35-33-45(38-55(52)64(54,2)3)66(43-31-30-40-16-7-8-17-41(40)36-43)57-27-15-24-51-48-21-10-12-29-59(48)68-63(51)57/h4-38H,1-3H3. The van der Waals surface area contributed by atoms with E-state index in [2.05, 4.69) is 231 Å². The first-order chi connectivity index (χ1) is 33.4. The van der Waals surface area contributed by atoms with Crippen molar-refractivity contribution in [1.82, 2.24) is 0 Å². The first-order valence-electron chi connectivity index (χ1n) is 23.5. The van der Waals surface area contributed by atoms with Gasteiger partial charge in [-0.15, -0.1) is 0 Å². The molecule has 0 unspecified atom stereocenters. The molecular weight excluding hydrogens is 829 g/mol. The number of nitrogens with zero attached hydrogens (tertiary/aromatic N) is 2. The van der Waals surface area contributed by atoms with E-state index in [-0.39, 0.29) is 5.41 Å². The Morgan fingerprint density at radius 2 is 0.912 bits per heavy atom. The Balaban J connectivity index is 0.974. The molecule has 68 heavy (non-hydrogen) atoms. The Labute approximate surface area is 393 Å². The van der Waals surface area contributed by atoms with Crippen LogP contribution >= 0.6 is 0 Å². The van der Waals surface area contributed by atoms with Crippen molar-refractivity contribution < 1.29 is 8.83 Å². The molecule has 0 bridgehead atoms. The monoisotopic (exact) mass is 872 g/mol. The number of para-hydroxylation sites is 5. The van der Waals surface area contributed by atoms with Crippen LogP contribution in [0.15, 0.2) is 221 Å². The van der Waals surface area contributed by atoms with E-state index < -0.39 is 0 Å². The molecule has 13 aromatic rings. The molecule has 1 aliphatic rings. The van der Waals surface area contributed by atoms with Crippen molar-refractivity contribution in [3.8, 4) is 11.1 Å². The lowest BCUT2D eigenvalue weighted by atomic mass is 9.67. The van der Waals surface area contributed by atoms with Crippen molar-refractivity contribution in [2.24, 2.45) is 0 Å². The largest absolute Gasteiger partial charge is 0.454 e. The van der Waals surface area contributed by atoms with Gasteiger partial charge in [0.25, 0.3) is 0 Å². The summed E-state index contributed by atoms with van der Waals surface area (Å²) >= 11 is 0. The van der Waals surface area contributed by atoms with E-state index in [0.717, 1.165) is 78.0 Å². The minimum atomic E-state index is -0.330. The molecule has 0 aliphatic heterocycles. The summed E-state index contributed by atoms with van der Waals surface area (Å²) in [6.07, 6.45) is 0. The number of rotatable bonds is 6. The van der Waals surface area contributed by atoms with E-state index in [1.807, 2.05) is 12.1 Å². The van der Waals surface area contributed by atoms with Crippen LogP contribution < -0.4 is 9.80 Å². The van der Waals surface area contributed by atoms with Crippen molar-refractivity contribution >= 4 is 110 Å². The Bertz CT molecular complexity index is 4210. The van der Waals surface area contributed by atoms with Gasteiger partial charge < -0.3 is 18.6 Å². The summed E-state index contributed by atoms with van der Waals surface area (Å²) in [6.45, 7) is 7.11. The van der Waals surface area contributed by atoms with Crippen LogP contribution in [0.1, 0.15) is 30.5 Å². The number of benzene rings is 11. The Hall–Kier alpha value is -8.60. The maximum atomic E-state index is 6.75. The van der Waals surface area contributed by atoms with Crippen molar-refractivity contribution in [1.29, 1.82) is 0 Å². The van der Waals surface area contributed by atoms with E-state index in [4.69, 9.17) is 8.83 Å².